The lowest BCUT2D eigenvalue weighted by Gasteiger charge is -2.27. The lowest BCUT2D eigenvalue weighted by molar-refractivity contribution is -0.274. The van der Waals surface area contributed by atoms with Gasteiger partial charge in [-0.1, -0.05) is 32.9 Å². The third-order valence-corrected chi connectivity index (χ3v) is 5.88. The lowest BCUT2D eigenvalue weighted by atomic mass is 9.86. The number of benzene rings is 2. The molecular weight excluding hydrogens is 525 g/mol. The molecule has 2 aromatic carbocycles. The van der Waals surface area contributed by atoms with Crippen LogP contribution in [0.4, 0.5) is 13.2 Å². The number of alkyl halides is 3. The topological polar surface area (TPSA) is 86.8 Å². The van der Waals surface area contributed by atoms with Crippen molar-refractivity contribution in [2.45, 2.75) is 53.0 Å². The Bertz CT molecular complexity index is 1300. The molecule has 3 aromatic rings. The predicted octanol–water partition coefficient (Wildman–Crippen LogP) is 6.80. The Morgan fingerprint density at radius 3 is 2.17 bits per heavy atom. The van der Waals surface area contributed by atoms with Crippen LogP contribution in [0.1, 0.15) is 61.2 Å². The van der Waals surface area contributed by atoms with Gasteiger partial charge in [-0.25, -0.2) is 0 Å². The first-order chi connectivity index (χ1) is 18.7. The molecule has 0 spiro atoms. The van der Waals surface area contributed by atoms with Crippen molar-refractivity contribution in [1.82, 2.24) is 10.3 Å². The monoisotopic (exact) mass is 558 g/mol. The summed E-state index contributed by atoms with van der Waals surface area (Å²) in [5.41, 5.74) is 3.30. The molecule has 1 heterocycles. The van der Waals surface area contributed by atoms with E-state index in [-0.39, 0.29) is 36.1 Å². The number of esters is 1. The number of halogens is 3. The predicted molar refractivity (Wildman–Crippen MR) is 144 cm³/mol. The summed E-state index contributed by atoms with van der Waals surface area (Å²) in [6.45, 7) is 8.33. The van der Waals surface area contributed by atoms with Gasteiger partial charge >= 0.3 is 12.3 Å². The zero-order valence-corrected chi connectivity index (χ0v) is 23.1. The highest BCUT2D eigenvalue weighted by Crippen LogP contribution is 2.35. The normalized spacial score (nSPS) is 12.4. The zero-order valence-electron chi connectivity index (χ0n) is 23.1. The second-order valence-electron chi connectivity index (χ2n) is 10.5. The first-order valence-corrected chi connectivity index (χ1v) is 12.7. The van der Waals surface area contributed by atoms with Crippen LogP contribution in [0.2, 0.25) is 0 Å². The molecule has 0 aliphatic heterocycles. The highest BCUT2D eigenvalue weighted by molar-refractivity contribution is 5.94. The molecule has 0 aliphatic carbocycles. The number of nitrogens with zero attached hydrogens (tertiary/aromatic N) is 1. The van der Waals surface area contributed by atoms with Gasteiger partial charge in [0.15, 0.2) is 0 Å². The number of carbonyl (C=O) groups is 2. The van der Waals surface area contributed by atoms with Crippen molar-refractivity contribution in [3.05, 3.63) is 77.5 Å². The van der Waals surface area contributed by atoms with Gasteiger partial charge < -0.3 is 19.5 Å². The summed E-state index contributed by atoms with van der Waals surface area (Å²) >= 11 is 0. The molecule has 0 bridgehead atoms. The second-order valence-corrected chi connectivity index (χ2v) is 10.5. The maximum Gasteiger partial charge on any atom is 0.573 e. The Morgan fingerprint density at radius 2 is 1.62 bits per heavy atom. The van der Waals surface area contributed by atoms with E-state index in [0.29, 0.717) is 29.0 Å². The van der Waals surface area contributed by atoms with Crippen LogP contribution in [0.15, 0.2) is 60.8 Å². The van der Waals surface area contributed by atoms with Gasteiger partial charge in [-0.05, 0) is 72.4 Å². The van der Waals surface area contributed by atoms with Crippen molar-refractivity contribution in [1.29, 1.82) is 0 Å². The number of nitrogens with one attached hydrogen (secondary N) is 1. The second kappa shape index (κ2) is 12.8. The van der Waals surface area contributed by atoms with Crippen molar-refractivity contribution >= 4 is 11.9 Å². The Morgan fingerprint density at radius 1 is 0.975 bits per heavy atom. The molecule has 1 unspecified atom stereocenters. The van der Waals surface area contributed by atoms with Gasteiger partial charge in [0.05, 0.1) is 25.4 Å². The maximum absolute atomic E-state index is 12.5. The van der Waals surface area contributed by atoms with Gasteiger partial charge in [0.2, 0.25) is 0 Å². The molecule has 1 N–H and O–H groups in total. The number of hydrogen-bond acceptors (Lipinski definition) is 6. The number of pyridine rings is 1. The quantitative estimate of drug-likeness (QED) is 0.275. The summed E-state index contributed by atoms with van der Waals surface area (Å²) in [4.78, 5) is 28.2. The molecule has 10 heteroatoms. The largest absolute Gasteiger partial charge is 0.573 e. The van der Waals surface area contributed by atoms with Gasteiger partial charge in [0.25, 0.3) is 5.91 Å². The van der Waals surface area contributed by atoms with E-state index in [1.54, 1.807) is 18.3 Å². The minimum Gasteiger partial charge on any atom is -0.484 e. The minimum atomic E-state index is -4.75. The smallest absolute Gasteiger partial charge is 0.484 e. The van der Waals surface area contributed by atoms with Gasteiger partial charge in [-0.3, -0.25) is 14.6 Å². The molecule has 214 valence electrons. The molecule has 1 atom stereocenters. The standard InChI is InChI=1S/C30H33F3N2O5/c1-19-16-24(18-35-27(19)21-10-12-23(13-11-21)40-30(31,32)33)39-25(17-29(2,3)4)20-6-8-22(9-7-20)28(37)34-15-14-26(36)38-5/h6-13,16,18,25H,14-15,17H2,1-5H3,(H,34,37). The van der Waals surface area contributed by atoms with Crippen LogP contribution >= 0.6 is 0 Å². The van der Waals surface area contributed by atoms with Gasteiger partial charge in [-0.2, -0.15) is 0 Å². The number of rotatable bonds is 10. The van der Waals surface area contributed by atoms with Gasteiger partial charge in [0, 0.05) is 17.7 Å². The number of aryl methyl sites for hydroxylation is 1. The van der Waals surface area contributed by atoms with Crippen molar-refractivity contribution in [3.8, 4) is 22.8 Å². The number of ether oxygens (including phenoxy) is 3. The van der Waals surface area contributed by atoms with Crippen LogP contribution in [0.5, 0.6) is 11.5 Å². The van der Waals surface area contributed by atoms with Crippen molar-refractivity contribution in [2.75, 3.05) is 13.7 Å². The average Bonchev–Trinajstić information content (AvgIpc) is 2.87. The summed E-state index contributed by atoms with van der Waals surface area (Å²) < 4.78 is 52.3. The lowest BCUT2D eigenvalue weighted by Crippen LogP contribution is -2.26. The summed E-state index contributed by atoms with van der Waals surface area (Å²) in [7, 11) is 1.30. The molecule has 0 saturated heterocycles. The third kappa shape index (κ3) is 9.29. The molecule has 40 heavy (non-hydrogen) atoms. The first kappa shape index (κ1) is 30.5. The number of methoxy groups -OCH3 is 1. The molecule has 7 nitrogen and oxygen atoms in total. The van der Waals surface area contributed by atoms with Gasteiger partial charge in [-0.15, -0.1) is 13.2 Å². The number of hydrogen-bond donors (Lipinski definition) is 1. The molecule has 1 aromatic heterocycles. The molecule has 3 rings (SSSR count). The van der Waals surface area contributed by atoms with E-state index in [1.165, 1.54) is 31.4 Å². The fourth-order valence-corrected chi connectivity index (χ4v) is 4.01. The summed E-state index contributed by atoms with van der Waals surface area (Å²) in [6, 6.07) is 14.5. The van der Waals surface area contributed by atoms with E-state index < -0.39 is 12.3 Å². The Balaban J connectivity index is 1.75. The highest BCUT2D eigenvalue weighted by atomic mass is 19.4. The summed E-state index contributed by atoms with van der Waals surface area (Å²) in [5, 5.41) is 2.69. The van der Waals surface area contributed by atoms with E-state index in [9.17, 15) is 22.8 Å². The van der Waals surface area contributed by atoms with Crippen LogP contribution < -0.4 is 14.8 Å². The van der Waals surface area contributed by atoms with E-state index in [2.05, 4.69) is 40.5 Å². The van der Waals surface area contributed by atoms with Crippen LogP contribution in [0, 0.1) is 12.3 Å². The molecule has 0 saturated carbocycles. The Hall–Kier alpha value is -4.08. The molecule has 0 radical (unpaired) electrons. The highest BCUT2D eigenvalue weighted by Gasteiger charge is 2.31. The van der Waals surface area contributed by atoms with Gasteiger partial charge in [0.1, 0.15) is 17.6 Å². The SMILES string of the molecule is COC(=O)CCNC(=O)c1ccc(C(CC(C)(C)C)Oc2cnc(-c3ccc(OC(F)(F)F)cc3)c(C)c2)cc1. The van der Waals surface area contributed by atoms with Crippen molar-refractivity contribution < 1.29 is 37.0 Å². The molecular formula is C30H33F3N2O5. The van der Waals surface area contributed by atoms with Crippen LogP contribution in [0.3, 0.4) is 0 Å². The maximum atomic E-state index is 12.5. The van der Waals surface area contributed by atoms with E-state index in [1.807, 2.05) is 25.1 Å². The fourth-order valence-electron chi connectivity index (χ4n) is 4.01. The van der Waals surface area contributed by atoms with Crippen molar-refractivity contribution in [2.24, 2.45) is 5.41 Å². The zero-order chi connectivity index (χ0) is 29.5. The molecule has 0 fully saturated rings. The van der Waals surface area contributed by atoms with Crippen LogP contribution in [-0.4, -0.2) is 36.9 Å². The fraction of sp³-hybridized carbons (Fsp3) is 0.367. The van der Waals surface area contributed by atoms with E-state index in [4.69, 9.17) is 4.74 Å². The molecule has 0 aliphatic rings. The van der Waals surface area contributed by atoms with E-state index in [0.717, 1.165) is 11.1 Å². The number of aromatic nitrogens is 1. The third-order valence-electron chi connectivity index (χ3n) is 5.88. The Labute approximate surface area is 231 Å². The van der Waals surface area contributed by atoms with Crippen molar-refractivity contribution in [3.63, 3.8) is 0 Å². The average molecular weight is 559 g/mol. The summed E-state index contributed by atoms with van der Waals surface area (Å²) in [6.07, 6.45) is -2.73. The van der Waals surface area contributed by atoms with E-state index >= 15 is 0 Å². The first-order valence-electron chi connectivity index (χ1n) is 12.7. The number of amides is 1. The van der Waals surface area contributed by atoms with Crippen LogP contribution in [0.25, 0.3) is 11.3 Å². The minimum absolute atomic E-state index is 0.0722. The summed E-state index contributed by atoms with van der Waals surface area (Å²) in [5.74, 6) is -0.457. The number of carbonyl (C=O) groups excluding carboxylic acids is 2. The Kier molecular flexibility index (Phi) is 9.78. The molecule has 1 amide bonds. The van der Waals surface area contributed by atoms with Crippen LogP contribution in [-0.2, 0) is 9.53 Å².